The number of rotatable bonds is 7. The van der Waals surface area contributed by atoms with Crippen LogP contribution in [-0.4, -0.2) is 57.4 Å². The summed E-state index contributed by atoms with van der Waals surface area (Å²) in [6.07, 6.45) is -9.72. The number of benzene rings is 1. The molecule has 186 valence electrons. The highest BCUT2D eigenvalue weighted by Crippen LogP contribution is 2.24. The van der Waals surface area contributed by atoms with Crippen LogP contribution in [0.25, 0.3) is 16.9 Å². The number of nitrogens with one attached hydrogen (secondary N) is 1. The minimum absolute atomic E-state index is 0.00246. The van der Waals surface area contributed by atoms with Crippen LogP contribution in [0.4, 0.5) is 26.3 Å². The van der Waals surface area contributed by atoms with Crippen molar-refractivity contribution in [2.75, 3.05) is 13.2 Å². The molecule has 2 aromatic heterocycles. The zero-order valence-electron chi connectivity index (χ0n) is 17.5. The van der Waals surface area contributed by atoms with Gasteiger partial charge in [-0.2, -0.15) is 36.1 Å². The number of halogens is 6. The van der Waals surface area contributed by atoms with Gasteiger partial charge in [-0.1, -0.05) is 0 Å². The fraction of sp³-hybridized carbons (Fsp3) is 0.238. The van der Waals surface area contributed by atoms with E-state index in [1.54, 1.807) is 0 Å². The van der Waals surface area contributed by atoms with Crippen LogP contribution in [0.3, 0.4) is 0 Å². The van der Waals surface area contributed by atoms with Crippen molar-refractivity contribution in [2.24, 2.45) is 0 Å². The molecule has 0 radical (unpaired) electrons. The molecule has 1 aromatic carbocycles. The van der Waals surface area contributed by atoms with Crippen LogP contribution in [0.1, 0.15) is 10.4 Å². The molecule has 2 N–H and O–H groups in total. The first kappa shape index (κ1) is 25.7. The third kappa shape index (κ3) is 6.79. The molecule has 14 heteroatoms. The number of carbonyl (C=O) groups excluding carboxylic acids is 1. The van der Waals surface area contributed by atoms with Crippen LogP contribution >= 0.6 is 0 Å². The molecule has 1 atom stereocenters. The molecular formula is C21H16F6N4O4. The second-order valence-electron chi connectivity index (χ2n) is 7.07. The molecule has 8 nitrogen and oxygen atoms in total. The minimum Gasteiger partial charge on any atom is -0.484 e. The number of amides is 1. The lowest BCUT2D eigenvalue weighted by Gasteiger charge is -2.15. The van der Waals surface area contributed by atoms with E-state index in [1.807, 2.05) is 5.32 Å². The van der Waals surface area contributed by atoms with Gasteiger partial charge in [0.15, 0.2) is 12.7 Å². The Hall–Kier alpha value is -3.94. The van der Waals surface area contributed by atoms with Gasteiger partial charge >= 0.3 is 12.4 Å². The average Bonchev–Trinajstić information content (AvgIpc) is 2.81. The summed E-state index contributed by atoms with van der Waals surface area (Å²) in [5.74, 6) is -1.31. The van der Waals surface area contributed by atoms with Crippen molar-refractivity contribution in [3.8, 4) is 22.7 Å². The Balaban J connectivity index is 1.98. The summed E-state index contributed by atoms with van der Waals surface area (Å²) >= 11 is 0. The average molecular weight is 502 g/mol. The number of hydrogen-bond donors (Lipinski definition) is 2. The molecule has 0 aliphatic rings. The number of ether oxygens (including phenoxy) is 1. The highest BCUT2D eigenvalue weighted by molar-refractivity contribution is 5.94. The first-order chi connectivity index (χ1) is 16.3. The molecule has 35 heavy (non-hydrogen) atoms. The van der Waals surface area contributed by atoms with Gasteiger partial charge in [0.2, 0.25) is 0 Å². The molecule has 0 aliphatic heterocycles. The summed E-state index contributed by atoms with van der Waals surface area (Å²) in [6.45, 7) is -2.71. The zero-order valence-corrected chi connectivity index (χ0v) is 17.5. The van der Waals surface area contributed by atoms with Crippen molar-refractivity contribution in [3.63, 3.8) is 0 Å². The topological polar surface area (TPSA) is 106 Å². The minimum atomic E-state index is -4.98. The molecule has 0 spiro atoms. The van der Waals surface area contributed by atoms with Crippen LogP contribution in [0.15, 0.2) is 59.7 Å². The summed E-state index contributed by atoms with van der Waals surface area (Å²) in [5, 5.41) is 15.1. The maximum Gasteiger partial charge on any atom is 0.422 e. The van der Waals surface area contributed by atoms with Crippen molar-refractivity contribution in [2.45, 2.75) is 18.5 Å². The molecule has 2 heterocycles. The fourth-order valence-electron chi connectivity index (χ4n) is 2.74. The molecular weight excluding hydrogens is 486 g/mol. The van der Waals surface area contributed by atoms with Gasteiger partial charge in [-0.25, -0.2) is 0 Å². The smallest absolute Gasteiger partial charge is 0.422 e. The largest absolute Gasteiger partial charge is 0.484 e. The molecule has 1 amide bonds. The Morgan fingerprint density at radius 2 is 1.80 bits per heavy atom. The first-order valence-corrected chi connectivity index (χ1v) is 9.73. The van der Waals surface area contributed by atoms with E-state index in [2.05, 4.69) is 14.8 Å². The van der Waals surface area contributed by atoms with E-state index in [-0.39, 0.29) is 22.7 Å². The fourth-order valence-corrected chi connectivity index (χ4v) is 2.74. The van der Waals surface area contributed by atoms with Crippen LogP contribution in [-0.2, 0) is 0 Å². The Labute approximate surface area is 192 Å². The number of hydrogen-bond acceptors (Lipinski definition) is 6. The number of carbonyl (C=O) groups is 1. The van der Waals surface area contributed by atoms with Crippen molar-refractivity contribution in [3.05, 3.63) is 70.8 Å². The third-order valence-electron chi connectivity index (χ3n) is 4.43. The lowest BCUT2D eigenvalue weighted by molar-refractivity contribution is -0.201. The summed E-state index contributed by atoms with van der Waals surface area (Å²) in [6, 6.07) is 8.98. The number of alkyl halides is 6. The third-order valence-corrected chi connectivity index (χ3v) is 4.43. The highest BCUT2D eigenvalue weighted by Gasteiger charge is 2.38. The van der Waals surface area contributed by atoms with E-state index in [9.17, 15) is 35.9 Å². The van der Waals surface area contributed by atoms with Crippen LogP contribution < -0.4 is 15.6 Å². The molecule has 0 unspecified atom stereocenters. The quantitative estimate of drug-likeness (QED) is 0.482. The van der Waals surface area contributed by atoms with Crippen LogP contribution in [0, 0.1) is 0 Å². The number of aromatic nitrogens is 3. The summed E-state index contributed by atoms with van der Waals surface area (Å²) in [5.41, 5.74) is -1.19. The predicted molar refractivity (Wildman–Crippen MR) is 109 cm³/mol. The summed E-state index contributed by atoms with van der Waals surface area (Å²) in [7, 11) is 0. The maximum absolute atomic E-state index is 12.9. The van der Waals surface area contributed by atoms with E-state index in [1.165, 1.54) is 48.8 Å². The van der Waals surface area contributed by atoms with Crippen molar-refractivity contribution in [1.29, 1.82) is 0 Å². The van der Waals surface area contributed by atoms with E-state index in [4.69, 9.17) is 5.11 Å². The molecule has 3 aromatic rings. The van der Waals surface area contributed by atoms with Gasteiger partial charge in [0.25, 0.3) is 11.5 Å². The SMILES string of the molecule is O=C(NC[C@H](O)C(F)(F)F)c1cc(-c2ccc(OCC(F)(F)F)cc2)nn(-c2cccnc2)c1=O. The monoisotopic (exact) mass is 502 g/mol. The summed E-state index contributed by atoms with van der Waals surface area (Å²) < 4.78 is 80.1. The molecule has 0 fully saturated rings. The van der Waals surface area contributed by atoms with E-state index < -0.39 is 48.6 Å². The number of aliphatic hydroxyl groups excluding tert-OH is 1. The van der Waals surface area contributed by atoms with Gasteiger partial charge in [0.1, 0.15) is 11.3 Å². The zero-order chi connectivity index (χ0) is 25.8. The maximum atomic E-state index is 12.9. The molecule has 0 bridgehead atoms. The normalized spacial score (nSPS) is 12.8. The molecule has 0 saturated heterocycles. The predicted octanol–water partition coefficient (Wildman–Crippen LogP) is 2.89. The van der Waals surface area contributed by atoms with E-state index in [0.29, 0.717) is 0 Å². The van der Waals surface area contributed by atoms with E-state index in [0.717, 1.165) is 10.7 Å². The first-order valence-electron chi connectivity index (χ1n) is 9.73. The molecule has 3 rings (SSSR count). The Bertz CT molecular complexity index is 1230. The van der Waals surface area contributed by atoms with Gasteiger partial charge in [-0.3, -0.25) is 14.6 Å². The Morgan fingerprint density at radius 3 is 2.37 bits per heavy atom. The highest BCUT2D eigenvalue weighted by atomic mass is 19.4. The Morgan fingerprint density at radius 1 is 1.11 bits per heavy atom. The standard InChI is InChI=1S/C21H16F6N4O4/c22-20(23,24)11-35-14-5-3-12(4-6-14)16-8-15(18(33)29-10-17(32)21(25,26)27)19(34)31(30-16)13-2-1-7-28-9-13/h1-9,17,32H,10-11H2,(H,29,33)/t17-/m0/s1. The Kier molecular flexibility index (Phi) is 7.43. The molecule has 0 saturated carbocycles. The van der Waals surface area contributed by atoms with Crippen molar-refractivity contribution >= 4 is 5.91 Å². The van der Waals surface area contributed by atoms with Gasteiger partial charge < -0.3 is 15.2 Å². The van der Waals surface area contributed by atoms with E-state index >= 15 is 0 Å². The number of nitrogens with zero attached hydrogens (tertiary/aromatic N) is 3. The number of pyridine rings is 1. The lowest BCUT2D eigenvalue weighted by atomic mass is 10.1. The van der Waals surface area contributed by atoms with Crippen LogP contribution in [0.5, 0.6) is 5.75 Å². The van der Waals surface area contributed by atoms with Gasteiger partial charge in [0.05, 0.1) is 24.1 Å². The van der Waals surface area contributed by atoms with Crippen molar-refractivity contribution in [1.82, 2.24) is 20.1 Å². The van der Waals surface area contributed by atoms with Gasteiger partial charge in [0, 0.05) is 11.8 Å². The van der Waals surface area contributed by atoms with Gasteiger partial charge in [-0.15, -0.1) is 0 Å². The number of aliphatic hydroxyl groups is 1. The second-order valence-corrected chi connectivity index (χ2v) is 7.07. The lowest BCUT2D eigenvalue weighted by Crippen LogP contribution is -2.42. The van der Waals surface area contributed by atoms with Crippen molar-refractivity contribution < 1.29 is 41.0 Å². The second kappa shape index (κ2) is 10.1. The van der Waals surface area contributed by atoms with Gasteiger partial charge in [-0.05, 0) is 42.5 Å². The molecule has 0 aliphatic carbocycles. The van der Waals surface area contributed by atoms with Crippen LogP contribution in [0.2, 0.25) is 0 Å². The summed E-state index contributed by atoms with van der Waals surface area (Å²) in [4.78, 5) is 29.2.